The Kier molecular flexibility index (Phi) is 4.06. The molecule has 1 amide bonds. The average Bonchev–Trinajstić information content (AvgIpc) is 3.01. The van der Waals surface area contributed by atoms with Gasteiger partial charge in [-0.1, -0.05) is 6.92 Å². The number of hydrogen-bond donors (Lipinski definition) is 2. The van der Waals surface area contributed by atoms with E-state index >= 15 is 0 Å². The number of alkyl carbamates (subject to hydrolysis) is 1. The van der Waals surface area contributed by atoms with Crippen molar-refractivity contribution in [2.75, 3.05) is 0 Å². The normalized spacial score (nSPS) is 17.8. The Morgan fingerprint density at radius 1 is 1.43 bits per heavy atom. The number of imidazole rings is 1. The van der Waals surface area contributed by atoms with Gasteiger partial charge in [-0.25, -0.2) is 9.78 Å². The first kappa shape index (κ1) is 16.5. The van der Waals surface area contributed by atoms with Gasteiger partial charge in [-0.05, 0) is 79.8 Å². The number of benzene rings is 1. The van der Waals surface area contributed by atoms with Crippen LogP contribution in [0.2, 0.25) is 0 Å². The summed E-state index contributed by atoms with van der Waals surface area (Å²) in [4.78, 5) is 20.3. The lowest BCUT2D eigenvalue weighted by Gasteiger charge is -2.26. The van der Waals surface area contributed by atoms with Crippen LogP contribution in [0.15, 0.2) is 18.2 Å². The van der Waals surface area contributed by atoms with E-state index in [9.17, 15) is 4.79 Å². The first-order valence-electron chi connectivity index (χ1n) is 7.81. The van der Waals surface area contributed by atoms with E-state index in [1.807, 2.05) is 32.9 Å². The third-order valence-electron chi connectivity index (χ3n) is 4.13. The number of hydrogen-bond acceptors (Lipinski definition) is 3. The quantitative estimate of drug-likeness (QED) is 0.708. The van der Waals surface area contributed by atoms with E-state index in [4.69, 9.17) is 4.74 Å². The summed E-state index contributed by atoms with van der Waals surface area (Å²) in [6.45, 7) is 7.77. The predicted molar refractivity (Wildman–Crippen MR) is 98.3 cm³/mol. The molecule has 1 aliphatic rings. The second kappa shape index (κ2) is 5.65. The van der Waals surface area contributed by atoms with E-state index in [-0.39, 0.29) is 11.5 Å². The van der Waals surface area contributed by atoms with Crippen LogP contribution in [0.25, 0.3) is 11.0 Å². The Morgan fingerprint density at radius 3 is 2.74 bits per heavy atom. The van der Waals surface area contributed by atoms with Crippen molar-refractivity contribution in [3.05, 3.63) is 27.6 Å². The zero-order valence-corrected chi connectivity index (χ0v) is 16.0. The summed E-state index contributed by atoms with van der Waals surface area (Å²) in [5.41, 5.74) is 1.44. The van der Waals surface area contributed by atoms with Crippen LogP contribution >= 0.6 is 22.6 Å². The SMILES string of the molecule is CC(C)(C)OC(=O)N[C@H](c1nc2ccc(I)cc2[nH]1)C1(C)CC1. The Labute approximate surface area is 149 Å². The molecule has 23 heavy (non-hydrogen) atoms. The number of halogens is 1. The number of fused-ring (bicyclic) bond motifs is 1. The molecule has 0 radical (unpaired) electrons. The molecule has 5 nitrogen and oxygen atoms in total. The van der Waals surface area contributed by atoms with Crippen LogP contribution in [0, 0.1) is 8.99 Å². The van der Waals surface area contributed by atoms with Gasteiger partial charge in [0.2, 0.25) is 0 Å². The number of carbonyl (C=O) groups is 1. The molecule has 0 unspecified atom stereocenters. The lowest BCUT2D eigenvalue weighted by atomic mass is 9.98. The minimum Gasteiger partial charge on any atom is -0.444 e. The molecule has 1 aromatic carbocycles. The molecule has 6 heteroatoms. The lowest BCUT2D eigenvalue weighted by molar-refractivity contribution is 0.0478. The van der Waals surface area contributed by atoms with Gasteiger partial charge in [-0.2, -0.15) is 0 Å². The Morgan fingerprint density at radius 2 is 2.13 bits per heavy atom. The fourth-order valence-corrected chi connectivity index (χ4v) is 3.11. The van der Waals surface area contributed by atoms with Crippen LogP contribution in [-0.4, -0.2) is 21.7 Å². The minimum atomic E-state index is -0.511. The standard InChI is InChI=1S/C17H22IN3O2/c1-16(2,3)23-15(22)21-13(17(4)7-8-17)14-19-11-6-5-10(18)9-12(11)20-14/h5-6,9,13H,7-8H2,1-4H3,(H,19,20)(H,21,22)/t13-/m1/s1. The van der Waals surface area contributed by atoms with Gasteiger partial charge >= 0.3 is 6.09 Å². The van der Waals surface area contributed by atoms with Crippen LogP contribution in [0.4, 0.5) is 4.79 Å². The number of rotatable bonds is 3. The van der Waals surface area contributed by atoms with E-state index in [1.54, 1.807) is 0 Å². The van der Waals surface area contributed by atoms with Crippen LogP contribution in [0.1, 0.15) is 52.4 Å². The van der Waals surface area contributed by atoms with Crippen LogP contribution in [-0.2, 0) is 4.74 Å². The van der Waals surface area contributed by atoms with E-state index in [0.29, 0.717) is 0 Å². The summed E-state index contributed by atoms with van der Waals surface area (Å²) in [5.74, 6) is 0.799. The molecule has 2 N–H and O–H groups in total. The van der Waals surface area contributed by atoms with E-state index in [2.05, 4.69) is 50.9 Å². The number of H-pyrrole nitrogens is 1. The highest BCUT2D eigenvalue weighted by molar-refractivity contribution is 14.1. The number of carbonyl (C=O) groups excluding carboxylic acids is 1. The number of aromatic nitrogens is 2. The molecular formula is C17H22IN3O2. The molecule has 1 heterocycles. The molecule has 1 fully saturated rings. The van der Waals surface area contributed by atoms with E-state index < -0.39 is 11.7 Å². The molecule has 1 saturated carbocycles. The van der Waals surface area contributed by atoms with Gasteiger partial charge in [0.15, 0.2) is 0 Å². The zero-order chi connectivity index (χ0) is 16.8. The summed E-state index contributed by atoms with van der Waals surface area (Å²) in [5, 5.41) is 3.01. The van der Waals surface area contributed by atoms with Gasteiger partial charge in [-0.3, -0.25) is 0 Å². The van der Waals surface area contributed by atoms with Crippen molar-refractivity contribution in [3.63, 3.8) is 0 Å². The molecular weight excluding hydrogens is 405 g/mol. The third kappa shape index (κ3) is 3.79. The molecule has 1 atom stereocenters. The van der Waals surface area contributed by atoms with Crippen molar-refractivity contribution >= 4 is 39.7 Å². The van der Waals surface area contributed by atoms with Gasteiger partial charge in [0, 0.05) is 3.57 Å². The number of nitrogens with zero attached hydrogens (tertiary/aromatic N) is 1. The van der Waals surface area contributed by atoms with Crippen molar-refractivity contribution in [3.8, 4) is 0 Å². The molecule has 0 bridgehead atoms. The molecule has 3 rings (SSSR count). The van der Waals surface area contributed by atoms with Crippen molar-refractivity contribution in [2.45, 2.75) is 52.2 Å². The van der Waals surface area contributed by atoms with Gasteiger partial charge in [0.1, 0.15) is 11.4 Å². The molecule has 1 aliphatic carbocycles. The van der Waals surface area contributed by atoms with Crippen molar-refractivity contribution < 1.29 is 9.53 Å². The maximum Gasteiger partial charge on any atom is 0.408 e. The van der Waals surface area contributed by atoms with E-state index in [1.165, 1.54) is 0 Å². The Hall–Kier alpha value is -1.31. The van der Waals surface area contributed by atoms with Crippen molar-refractivity contribution in [1.29, 1.82) is 0 Å². The Balaban J connectivity index is 1.88. The molecule has 2 aromatic rings. The number of ether oxygens (including phenoxy) is 1. The van der Waals surface area contributed by atoms with Gasteiger partial charge in [-0.15, -0.1) is 0 Å². The second-order valence-corrected chi connectivity index (χ2v) is 8.76. The topological polar surface area (TPSA) is 67.0 Å². The maximum atomic E-state index is 12.2. The number of amides is 1. The average molecular weight is 427 g/mol. The number of aromatic amines is 1. The fourth-order valence-electron chi connectivity index (χ4n) is 2.62. The first-order valence-corrected chi connectivity index (χ1v) is 8.89. The second-order valence-electron chi connectivity index (χ2n) is 7.52. The highest BCUT2D eigenvalue weighted by Gasteiger charge is 2.48. The maximum absolute atomic E-state index is 12.2. The van der Waals surface area contributed by atoms with Crippen LogP contribution in [0.5, 0.6) is 0 Å². The van der Waals surface area contributed by atoms with Crippen LogP contribution in [0.3, 0.4) is 0 Å². The highest BCUT2D eigenvalue weighted by atomic mass is 127. The van der Waals surface area contributed by atoms with Gasteiger partial charge in [0.05, 0.1) is 17.1 Å². The van der Waals surface area contributed by atoms with Gasteiger partial charge < -0.3 is 15.0 Å². The third-order valence-corrected chi connectivity index (χ3v) is 4.80. The predicted octanol–water partition coefficient (Wildman–Crippen LogP) is 4.53. The summed E-state index contributed by atoms with van der Waals surface area (Å²) >= 11 is 2.28. The molecule has 0 saturated heterocycles. The molecule has 124 valence electrons. The number of nitrogens with one attached hydrogen (secondary N) is 2. The first-order chi connectivity index (χ1) is 10.7. The molecule has 0 aliphatic heterocycles. The minimum absolute atomic E-state index is 0.0396. The fraction of sp³-hybridized carbons (Fsp3) is 0.529. The largest absolute Gasteiger partial charge is 0.444 e. The molecule has 1 aromatic heterocycles. The zero-order valence-electron chi connectivity index (χ0n) is 13.9. The smallest absolute Gasteiger partial charge is 0.408 e. The summed E-state index contributed by atoms with van der Waals surface area (Å²) in [6, 6.07) is 5.92. The molecule has 0 spiro atoms. The highest BCUT2D eigenvalue weighted by Crippen LogP contribution is 2.54. The summed E-state index contributed by atoms with van der Waals surface area (Å²) in [7, 11) is 0. The summed E-state index contributed by atoms with van der Waals surface area (Å²) < 4.78 is 6.57. The van der Waals surface area contributed by atoms with Crippen LogP contribution < -0.4 is 5.32 Å². The van der Waals surface area contributed by atoms with Crippen molar-refractivity contribution in [1.82, 2.24) is 15.3 Å². The monoisotopic (exact) mass is 427 g/mol. The van der Waals surface area contributed by atoms with E-state index in [0.717, 1.165) is 33.3 Å². The lowest BCUT2D eigenvalue weighted by Crippen LogP contribution is -2.38. The summed E-state index contributed by atoms with van der Waals surface area (Å²) in [6.07, 6.45) is 1.75. The van der Waals surface area contributed by atoms with Gasteiger partial charge in [0.25, 0.3) is 0 Å². The van der Waals surface area contributed by atoms with Crippen molar-refractivity contribution in [2.24, 2.45) is 5.41 Å². The Bertz CT molecular complexity index is 744.